The van der Waals surface area contributed by atoms with E-state index in [2.05, 4.69) is 5.32 Å². The molecular formula is C16H14Cl2N2O2. The summed E-state index contributed by atoms with van der Waals surface area (Å²) in [4.78, 5) is 25.3. The van der Waals surface area contributed by atoms with Gasteiger partial charge < -0.3 is 10.2 Å². The number of nitrogens with zero attached hydrogens (tertiary/aromatic N) is 1. The summed E-state index contributed by atoms with van der Waals surface area (Å²) in [6.45, 7) is 1.27. The topological polar surface area (TPSA) is 49.4 Å². The molecule has 0 unspecified atom stereocenters. The highest BCUT2D eigenvalue weighted by Gasteiger charge is 2.16. The van der Waals surface area contributed by atoms with Gasteiger partial charge in [0.15, 0.2) is 0 Å². The number of carbonyl (C=O) groups excluding carboxylic acids is 2. The zero-order chi connectivity index (χ0) is 16.1. The number of hydrogen-bond acceptors (Lipinski definition) is 2. The van der Waals surface area contributed by atoms with Crippen molar-refractivity contribution in [2.24, 2.45) is 0 Å². The lowest BCUT2D eigenvalue weighted by Crippen LogP contribution is -2.36. The van der Waals surface area contributed by atoms with Crippen LogP contribution < -0.4 is 10.2 Å². The van der Waals surface area contributed by atoms with E-state index >= 15 is 0 Å². The summed E-state index contributed by atoms with van der Waals surface area (Å²) in [6, 6.07) is 13.7. The van der Waals surface area contributed by atoms with Crippen LogP contribution in [0.1, 0.15) is 6.92 Å². The smallest absolute Gasteiger partial charge is 0.244 e. The minimum atomic E-state index is -0.344. The molecule has 114 valence electrons. The van der Waals surface area contributed by atoms with E-state index in [1.807, 2.05) is 0 Å². The van der Waals surface area contributed by atoms with Crippen LogP contribution in [0.3, 0.4) is 0 Å². The number of benzene rings is 2. The Kier molecular flexibility index (Phi) is 5.41. The van der Waals surface area contributed by atoms with Crippen LogP contribution >= 0.6 is 23.2 Å². The average molecular weight is 337 g/mol. The fourth-order valence-electron chi connectivity index (χ4n) is 1.92. The predicted octanol–water partition coefficient (Wildman–Crippen LogP) is 3.99. The maximum atomic E-state index is 12.1. The third kappa shape index (κ3) is 4.23. The van der Waals surface area contributed by atoms with E-state index < -0.39 is 0 Å². The highest BCUT2D eigenvalue weighted by molar-refractivity contribution is 6.33. The number of amides is 2. The second-order valence-electron chi connectivity index (χ2n) is 4.61. The number of rotatable bonds is 4. The molecule has 4 nitrogen and oxygen atoms in total. The summed E-state index contributed by atoms with van der Waals surface area (Å²) in [6.07, 6.45) is 0. The zero-order valence-electron chi connectivity index (χ0n) is 11.8. The minimum absolute atomic E-state index is 0.124. The lowest BCUT2D eigenvalue weighted by molar-refractivity contribution is -0.120. The van der Waals surface area contributed by atoms with Gasteiger partial charge in [0.2, 0.25) is 11.8 Å². The Morgan fingerprint density at radius 2 is 1.82 bits per heavy atom. The van der Waals surface area contributed by atoms with Gasteiger partial charge in [-0.25, -0.2) is 0 Å². The van der Waals surface area contributed by atoms with Crippen molar-refractivity contribution in [2.45, 2.75) is 6.92 Å². The van der Waals surface area contributed by atoms with Gasteiger partial charge in [-0.2, -0.15) is 0 Å². The molecule has 22 heavy (non-hydrogen) atoms. The third-order valence-electron chi connectivity index (χ3n) is 2.95. The van der Waals surface area contributed by atoms with E-state index in [1.165, 1.54) is 11.8 Å². The number of hydrogen-bond donors (Lipinski definition) is 1. The van der Waals surface area contributed by atoms with E-state index in [4.69, 9.17) is 23.2 Å². The number of para-hydroxylation sites is 1. The Morgan fingerprint density at radius 3 is 2.45 bits per heavy atom. The van der Waals surface area contributed by atoms with E-state index in [-0.39, 0.29) is 18.4 Å². The van der Waals surface area contributed by atoms with Crippen molar-refractivity contribution in [1.29, 1.82) is 0 Å². The first-order valence-corrected chi connectivity index (χ1v) is 7.31. The van der Waals surface area contributed by atoms with Crippen LogP contribution in [0, 0.1) is 0 Å². The molecule has 0 aliphatic carbocycles. The van der Waals surface area contributed by atoms with Crippen molar-refractivity contribution in [3.63, 3.8) is 0 Å². The van der Waals surface area contributed by atoms with E-state index in [0.29, 0.717) is 21.4 Å². The highest BCUT2D eigenvalue weighted by Crippen LogP contribution is 2.22. The van der Waals surface area contributed by atoms with Gasteiger partial charge in [-0.15, -0.1) is 0 Å². The molecule has 0 heterocycles. The van der Waals surface area contributed by atoms with Crippen LogP contribution in [0.2, 0.25) is 10.0 Å². The molecule has 2 rings (SSSR count). The number of carbonyl (C=O) groups is 2. The first-order chi connectivity index (χ1) is 10.5. The Labute approximate surface area is 138 Å². The first kappa shape index (κ1) is 16.3. The molecule has 6 heteroatoms. The van der Waals surface area contributed by atoms with Gasteiger partial charge >= 0.3 is 0 Å². The van der Waals surface area contributed by atoms with Gasteiger partial charge in [-0.3, -0.25) is 9.59 Å². The van der Waals surface area contributed by atoms with Gasteiger partial charge in [-0.1, -0.05) is 41.4 Å². The fraction of sp³-hybridized carbons (Fsp3) is 0.125. The quantitative estimate of drug-likeness (QED) is 0.917. The van der Waals surface area contributed by atoms with Crippen LogP contribution in [0.5, 0.6) is 0 Å². The van der Waals surface area contributed by atoms with Crippen molar-refractivity contribution in [2.75, 3.05) is 16.8 Å². The molecule has 0 saturated heterocycles. The SMILES string of the molecule is CC(=O)N(CC(=O)Nc1ccccc1Cl)c1cccc(Cl)c1. The standard InChI is InChI=1S/C16H14Cl2N2O2/c1-11(21)20(13-6-4-5-12(17)9-13)10-16(22)19-15-8-3-2-7-14(15)18/h2-9H,10H2,1H3,(H,19,22). The van der Waals surface area contributed by atoms with Crippen molar-refractivity contribution in [3.8, 4) is 0 Å². The number of nitrogens with one attached hydrogen (secondary N) is 1. The van der Waals surface area contributed by atoms with Gasteiger partial charge in [0.25, 0.3) is 0 Å². The molecule has 0 aliphatic heterocycles. The molecule has 0 spiro atoms. The lowest BCUT2D eigenvalue weighted by Gasteiger charge is -2.21. The molecule has 0 radical (unpaired) electrons. The second kappa shape index (κ2) is 7.29. The summed E-state index contributed by atoms with van der Waals surface area (Å²) in [5.74, 6) is -0.597. The average Bonchev–Trinajstić information content (AvgIpc) is 2.47. The molecule has 2 aromatic rings. The summed E-state index contributed by atoms with van der Waals surface area (Å²) < 4.78 is 0. The largest absolute Gasteiger partial charge is 0.323 e. The van der Waals surface area contributed by atoms with Gasteiger partial charge in [-0.05, 0) is 30.3 Å². The molecule has 2 aromatic carbocycles. The Bertz CT molecular complexity index is 704. The molecule has 0 fully saturated rings. The van der Waals surface area contributed by atoms with E-state index in [1.54, 1.807) is 48.5 Å². The summed E-state index contributed by atoms with van der Waals surface area (Å²) in [7, 11) is 0. The van der Waals surface area contributed by atoms with Gasteiger partial charge in [0.05, 0.1) is 10.7 Å². The van der Waals surface area contributed by atoms with E-state index in [9.17, 15) is 9.59 Å². The second-order valence-corrected chi connectivity index (χ2v) is 5.46. The molecule has 0 aliphatic rings. The Balaban J connectivity index is 2.13. The van der Waals surface area contributed by atoms with Crippen molar-refractivity contribution in [1.82, 2.24) is 0 Å². The maximum Gasteiger partial charge on any atom is 0.244 e. The van der Waals surface area contributed by atoms with Crippen LogP contribution in [0.4, 0.5) is 11.4 Å². The summed E-state index contributed by atoms with van der Waals surface area (Å²) in [5, 5.41) is 3.62. The lowest BCUT2D eigenvalue weighted by atomic mass is 10.2. The molecule has 0 saturated carbocycles. The predicted molar refractivity (Wildman–Crippen MR) is 89.6 cm³/mol. The van der Waals surface area contributed by atoms with Crippen LogP contribution in [0.15, 0.2) is 48.5 Å². The van der Waals surface area contributed by atoms with Crippen LogP contribution in [-0.4, -0.2) is 18.4 Å². The Hall–Kier alpha value is -2.04. The Morgan fingerprint density at radius 1 is 1.09 bits per heavy atom. The first-order valence-electron chi connectivity index (χ1n) is 6.55. The number of halogens is 2. The molecule has 2 amide bonds. The molecule has 0 atom stereocenters. The van der Waals surface area contributed by atoms with E-state index in [0.717, 1.165) is 0 Å². The minimum Gasteiger partial charge on any atom is -0.323 e. The summed E-state index contributed by atoms with van der Waals surface area (Å²) in [5.41, 5.74) is 1.07. The van der Waals surface area contributed by atoms with Gasteiger partial charge in [0, 0.05) is 17.6 Å². The molecule has 1 N–H and O–H groups in total. The highest BCUT2D eigenvalue weighted by atomic mass is 35.5. The maximum absolute atomic E-state index is 12.1. The van der Waals surface area contributed by atoms with Crippen molar-refractivity contribution < 1.29 is 9.59 Å². The van der Waals surface area contributed by atoms with Crippen LogP contribution in [-0.2, 0) is 9.59 Å². The monoisotopic (exact) mass is 336 g/mol. The van der Waals surface area contributed by atoms with Crippen molar-refractivity contribution >= 4 is 46.4 Å². The molecular weight excluding hydrogens is 323 g/mol. The molecule has 0 aromatic heterocycles. The fourth-order valence-corrected chi connectivity index (χ4v) is 2.29. The zero-order valence-corrected chi connectivity index (χ0v) is 13.4. The summed E-state index contributed by atoms with van der Waals surface area (Å²) >= 11 is 11.9. The van der Waals surface area contributed by atoms with Crippen molar-refractivity contribution in [3.05, 3.63) is 58.6 Å². The van der Waals surface area contributed by atoms with Gasteiger partial charge in [0.1, 0.15) is 6.54 Å². The third-order valence-corrected chi connectivity index (χ3v) is 3.51. The number of anilines is 2. The molecule has 0 bridgehead atoms. The normalized spacial score (nSPS) is 10.1. The van der Waals surface area contributed by atoms with Crippen LogP contribution in [0.25, 0.3) is 0 Å².